The zero-order valence-electron chi connectivity index (χ0n) is 16.2. The first kappa shape index (κ1) is 18.1. The van der Waals surface area contributed by atoms with E-state index in [2.05, 4.69) is 5.32 Å². The molecule has 148 valence electrons. The highest BCUT2D eigenvalue weighted by atomic mass is 16.3. The quantitative estimate of drug-likeness (QED) is 0.412. The van der Waals surface area contributed by atoms with Crippen molar-refractivity contribution in [1.29, 1.82) is 0 Å². The number of hydrogen-bond acceptors (Lipinski definition) is 4. The molecule has 4 aromatic rings. The van der Waals surface area contributed by atoms with Crippen molar-refractivity contribution in [2.45, 2.75) is 12.5 Å². The minimum Gasteiger partial charge on any atom is -0.458 e. The second-order valence-corrected chi connectivity index (χ2v) is 7.58. The van der Waals surface area contributed by atoms with Gasteiger partial charge in [-0.2, -0.15) is 0 Å². The monoisotopic (exact) mass is 398 g/mol. The smallest absolute Gasteiger partial charge is 0.325 e. The molecule has 0 bridgehead atoms. The van der Waals surface area contributed by atoms with Crippen LogP contribution in [0.5, 0.6) is 0 Å². The van der Waals surface area contributed by atoms with Gasteiger partial charge in [0, 0.05) is 10.9 Å². The van der Waals surface area contributed by atoms with Gasteiger partial charge in [0.25, 0.3) is 5.91 Å². The van der Waals surface area contributed by atoms with Crippen LogP contribution in [0.3, 0.4) is 0 Å². The molecule has 30 heavy (non-hydrogen) atoms. The Balaban J connectivity index is 1.42. The molecule has 6 nitrogen and oxygen atoms in total. The van der Waals surface area contributed by atoms with Crippen molar-refractivity contribution in [3.63, 3.8) is 0 Å². The van der Waals surface area contributed by atoms with E-state index in [-0.39, 0.29) is 12.3 Å². The summed E-state index contributed by atoms with van der Waals surface area (Å²) in [5, 5.41) is 5.46. The van der Waals surface area contributed by atoms with Gasteiger partial charge in [-0.05, 0) is 35.9 Å². The first-order valence-corrected chi connectivity index (χ1v) is 9.61. The molecular formula is C24H18N2O4. The maximum absolute atomic E-state index is 13.1. The third-order valence-electron chi connectivity index (χ3n) is 5.57. The van der Waals surface area contributed by atoms with Gasteiger partial charge in [-0.3, -0.25) is 14.5 Å². The first-order valence-electron chi connectivity index (χ1n) is 9.61. The topological polar surface area (TPSA) is 79.6 Å². The molecule has 3 amide bonds. The average molecular weight is 398 g/mol. The number of urea groups is 1. The van der Waals surface area contributed by atoms with Crippen molar-refractivity contribution < 1.29 is 18.8 Å². The van der Waals surface area contributed by atoms with E-state index in [1.165, 1.54) is 0 Å². The predicted octanol–water partition coefficient (Wildman–Crippen LogP) is 4.24. The van der Waals surface area contributed by atoms with Gasteiger partial charge >= 0.3 is 6.03 Å². The van der Waals surface area contributed by atoms with Crippen LogP contribution >= 0.6 is 0 Å². The summed E-state index contributed by atoms with van der Waals surface area (Å²) in [4.78, 5) is 39.5. The average Bonchev–Trinajstić information content (AvgIpc) is 3.29. The lowest BCUT2D eigenvalue weighted by atomic mass is 9.98. The van der Waals surface area contributed by atoms with Crippen LogP contribution in [0.25, 0.3) is 21.7 Å². The molecule has 0 spiro atoms. The lowest BCUT2D eigenvalue weighted by Gasteiger charge is -2.18. The number of amides is 3. The van der Waals surface area contributed by atoms with E-state index in [1.54, 1.807) is 31.2 Å². The fourth-order valence-electron chi connectivity index (χ4n) is 3.83. The third-order valence-corrected chi connectivity index (χ3v) is 5.57. The van der Waals surface area contributed by atoms with Gasteiger partial charge in [-0.25, -0.2) is 4.79 Å². The highest BCUT2D eigenvalue weighted by Gasteiger charge is 2.51. The zero-order valence-corrected chi connectivity index (χ0v) is 16.2. The summed E-state index contributed by atoms with van der Waals surface area (Å²) < 4.78 is 5.81. The standard InChI is InChI=1S/C24H18N2O4/c1-24(21-13-18-8-4-5-9-20(18)30-21)22(28)26(23(29)25-24)14-19(27)17-11-10-15-6-2-3-7-16(15)12-17/h2-13H,14H2,1H3,(H,25,29)/t24-/m0/s1. The molecule has 0 aliphatic carbocycles. The first-order chi connectivity index (χ1) is 14.5. The van der Waals surface area contributed by atoms with E-state index in [0.29, 0.717) is 16.9 Å². The Bertz CT molecular complexity index is 1310. The van der Waals surface area contributed by atoms with Gasteiger partial charge < -0.3 is 9.73 Å². The SMILES string of the molecule is C[C@@]1(c2cc3ccccc3o2)NC(=O)N(CC(=O)c2ccc3ccccc3c2)C1=O. The molecular weight excluding hydrogens is 380 g/mol. The molecule has 5 rings (SSSR count). The maximum Gasteiger partial charge on any atom is 0.325 e. The molecule has 6 heteroatoms. The number of benzene rings is 3. The Hall–Kier alpha value is -3.93. The fourth-order valence-corrected chi connectivity index (χ4v) is 3.83. The number of carbonyl (C=O) groups is 3. The molecule has 1 N–H and O–H groups in total. The summed E-state index contributed by atoms with van der Waals surface area (Å²) >= 11 is 0. The van der Waals surface area contributed by atoms with E-state index < -0.39 is 17.5 Å². The van der Waals surface area contributed by atoms with Crippen molar-refractivity contribution in [2.75, 3.05) is 6.54 Å². The lowest BCUT2D eigenvalue weighted by molar-refractivity contribution is -0.131. The van der Waals surface area contributed by atoms with Gasteiger partial charge in [-0.15, -0.1) is 0 Å². The zero-order chi connectivity index (χ0) is 20.9. The van der Waals surface area contributed by atoms with E-state index in [0.717, 1.165) is 21.1 Å². The van der Waals surface area contributed by atoms with Crippen LogP contribution in [-0.4, -0.2) is 29.2 Å². The van der Waals surface area contributed by atoms with Crippen molar-refractivity contribution in [3.05, 3.63) is 84.1 Å². The molecule has 3 aromatic carbocycles. The highest BCUT2D eigenvalue weighted by Crippen LogP contribution is 2.33. The van der Waals surface area contributed by atoms with Crippen LogP contribution in [0, 0.1) is 0 Å². The Morgan fingerprint density at radius 2 is 1.63 bits per heavy atom. The van der Waals surface area contributed by atoms with Crippen molar-refractivity contribution >= 4 is 39.5 Å². The van der Waals surface area contributed by atoms with Crippen LogP contribution < -0.4 is 5.32 Å². The number of nitrogens with zero attached hydrogens (tertiary/aromatic N) is 1. The van der Waals surface area contributed by atoms with Crippen LogP contribution in [0.4, 0.5) is 4.79 Å². The molecule has 1 aromatic heterocycles. The summed E-state index contributed by atoms with van der Waals surface area (Å²) in [6, 6.07) is 21.5. The lowest BCUT2D eigenvalue weighted by Crippen LogP contribution is -2.41. The number of para-hydroxylation sites is 1. The number of hydrogen-bond donors (Lipinski definition) is 1. The van der Waals surface area contributed by atoms with Gasteiger partial charge in [0.1, 0.15) is 11.3 Å². The second-order valence-electron chi connectivity index (χ2n) is 7.58. The number of furan rings is 1. The molecule has 1 aliphatic rings. The number of Topliss-reactive ketones (excluding diaryl/α,β-unsaturated/α-hetero) is 1. The van der Waals surface area contributed by atoms with Crippen molar-refractivity contribution in [3.8, 4) is 0 Å². The van der Waals surface area contributed by atoms with Crippen LogP contribution in [0.2, 0.25) is 0 Å². The van der Waals surface area contributed by atoms with Gasteiger partial charge in [-0.1, -0.05) is 54.6 Å². The van der Waals surface area contributed by atoms with Crippen molar-refractivity contribution in [2.24, 2.45) is 0 Å². The third kappa shape index (κ3) is 2.76. The molecule has 1 atom stereocenters. The van der Waals surface area contributed by atoms with E-state index in [4.69, 9.17) is 4.42 Å². The number of imide groups is 1. The predicted molar refractivity (Wildman–Crippen MR) is 112 cm³/mol. The Morgan fingerprint density at radius 3 is 2.40 bits per heavy atom. The minimum absolute atomic E-state index is 0.307. The second kappa shape index (κ2) is 6.56. The van der Waals surface area contributed by atoms with Gasteiger partial charge in [0.2, 0.25) is 0 Å². The van der Waals surface area contributed by atoms with Crippen LogP contribution in [-0.2, 0) is 10.3 Å². The number of ketones is 1. The van der Waals surface area contributed by atoms with Crippen LogP contribution in [0.15, 0.2) is 77.2 Å². The fraction of sp³-hybridized carbons (Fsp3) is 0.125. The Kier molecular flexibility index (Phi) is 3.96. The molecule has 0 unspecified atom stereocenters. The molecule has 0 saturated carbocycles. The molecule has 0 radical (unpaired) electrons. The number of nitrogens with one attached hydrogen (secondary N) is 1. The van der Waals surface area contributed by atoms with Crippen molar-refractivity contribution in [1.82, 2.24) is 10.2 Å². The Morgan fingerprint density at radius 1 is 0.933 bits per heavy atom. The van der Waals surface area contributed by atoms with E-state index in [9.17, 15) is 14.4 Å². The summed E-state index contributed by atoms with van der Waals surface area (Å²) in [5.74, 6) is -0.485. The summed E-state index contributed by atoms with van der Waals surface area (Å²) in [6.07, 6.45) is 0. The summed E-state index contributed by atoms with van der Waals surface area (Å²) in [6.45, 7) is 1.25. The molecule has 1 saturated heterocycles. The van der Waals surface area contributed by atoms with Crippen LogP contribution in [0.1, 0.15) is 23.0 Å². The number of fused-ring (bicyclic) bond motifs is 2. The van der Waals surface area contributed by atoms with E-state index in [1.807, 2.05) is 48.5 Å². The largest absolute Gasteiger partial charge is 0.458 e. The van der Waals surface area contributed by atoms with E-state index >= 15 is 0 Å². The summed E-state index contributed by atoms with van der Waals surface area (Å²) in [7, 11) is 0. The highest BCUT2D eigenvalue weighted by molar-refractivity contribution is 6.11. The summed E-state index contributed by atoms with van der Waals surface area (Å²) in [5.41, 5.74) is -0.284. The number of carbonyl (C=O) groups excluding carboxylic acids is 3. The Labute approximate surface area is 172 Å². The molecule has 1 aliphatic heterocycles. The normalized spacial score (nSPS) is 18.9. The van der Waals surface area contributed by atoms with Gasteiger partial charge in [0.05, 0.1) is 6.54 Å². The van der Waals surface area contributed by atoms with Gasteiger partial charge in [0.15, 0.2) is 11.3 Å². The molecule has 1 fully saturated rings. The minimum atomic E-state index is -1.36. The molecule has 2 heterocycles. The maximum atomic E-state index is 13.1. The number of rotatable bonds is 4.